The van der Waals surface area contributed by atoms with Gasteiger partial charge in [-0.3, -0.25) is 0 Å². The van der Waals surface area contributed by atoms with E-state index in [2.05, 4.69) is 39.1 Å². The summed E-state index contributed by atoms with van der Waals surface area (Å²) in [6.45, 7) is 8.65. The van der Waals surface area contributed by atoms with Crippen molar-refractivity contribution in [2.75, 3.05) is 0 Å². The molecule has 0 aliphatic rings. The fourth-order valence-corrected chi connectivity index (χ4v) is 2.50. The average molecular weight is 263 g/mol. The Kier molecular flexibility index (Phi) is 6.93. The monoisotopic (exact) mass is 263 g/mol. The molecular formula is C17H29NO. The van der Waals surface area contributed by atoms with Crippen molar-refractivity contribution in [3.8, 4) is 5.75 Å². The van der Waals surface area contributed by atoms with Crippen LogP contribution in [0.15, 0.2) is 18.2 Å². The molecule has 0 heterocycles. The van der Waals surface area contributed by atoms with Crippen LogP contribution in [-0.4, -0.2) is 11.1 Å². The van der Waals surface area contributed by atoms with Crippen LogP contribution in [0.2, 0.25) is 0 Å². The molecule has 0 saturated heterocycles. The number of phenolic OH excluding ortho intramolecular Hbond substituents is 1. The van der Waals surface area contributed by atoms with Crippen LogP contribution in [0.5, 0.6) is 5.75 Å². The Morgan fingerprint density at radius 3 is 2.58 bits per heavy atom. The highest BCUT2D eigenvalue weighted by atomic mass is 16.3. The van der Waals surface area contributed by atoms with Crippen LogP contribution in [-0.2, 0) is 0 Å². The van der Waals surface area contributed by atoms with E-state index < -0.39 is 0 Å². The van der Waals surface area contributed by atoms with Gasteiger partial charge in [-0.25, -0.2) is 0 Å². The highest BCUT2D eigenvalue weighted by Crippen LogP contribution is 2.25. The lowest BCUT2D eigenvalue weighted by atomic mass is 10.0. The highest BCUT2D eigenvalue weighted by molar-refractivity contribution is 5.37. The minimum atomic E-state index is 0.195. The van der Waals surface area contributed by atoms with Crippen molar-refractivity contribution in [3.05, 3.63) is 29.3 Å². The van der Waals surface area contributed by atoms with Crippen LogP contribution in [0.3, 0.4) is 0 Å². The Bertz CT molecular complexity index is 376. The zero-order chi connectivity index (χ0) is 14.3. The van der Waals surface area contributed by atoms with Crippen LogP contribution in [0, 0.1) is 6.92 Å². The van der Waals surface area contributed by atoms with Crippen LogP contribution in [0.25, 0.3) is 0 Å². The van der Waals surface area contributed by atoms with E-state index in [0.717, 1.165) is 5.56 Å². The second-order valence-corrected chi connectivity index (χ2v) is 5.70. The molecule has 1 aromatic rings. The molecule has 0 aliphatic heterocycles. The fourth-order valence-electron chi connectivity index (χ4n) is 2.50. The molecule has 0 bridgehead atoms. The van der Waals surface area contributed by atoms with Gasteiger partial charge < -0.3 is 10.4 Å². The van der Waals surface area contributed by atoms with Gasteiger partial charge in [0.25, 0.3) is 0 Å². The first-order valence-electron chi connectivity index (χ1n) is 7.60. The molecule has 0 fully saturated rings. The number of unbranched alkanes of at least 4 members (excludes halogenated alkanes) is 3. The molecule has 0 aliphatic carbocycles. The van der Waals surface area contributed by atoms with E-state index >= 15 is 0 Å². The van der Waals surface area contributed by atoms with E-state index in [0.29, 0.717) is 11.8 Å². The molecule has 2 N–H and O–H groups in total. The summed E-state index contributed by atoms with van der Waals surface area (Å²) in [5.41, 5.74) is 2.19. The van der Waals surface area contributed by atoms with Gasteiger partial charge in [0.15, 0.2) is 0 Å². The van der Waals surface area contributed by atoms with Gasteiger partial charge in [0.1, 0.15) is 5.75 Å². The van der Waals surface area contributed by atoms with Crippen molar-refractivity contribution in [1.82, 2.24) is 5.32 Å². The summed E-state index contributed by atoms with van der Waals surface area (Å²) < 4.78 is 0. The number of aryl methyl sites for hydroxylation is 1. The largest absolute Gasteiger partial charge is 0.508 e. The standard InChI is InChI=1S/C17H29NO/c1-5-6-7-8-9-14(3)18-15(4)16-12-13(2)10-11-17(16)19/h10-12,14-15,18-19H,5-9H2,1-4H3. The third-order valence-electron chi connectivity index (χ3n) is 3.67. The zero-order valence-electron chi connectivity index (χ0n) is 12.9. The summed E-state index contributed by atoms with van der Waals surface area (Å²) in [5, 5.41) is 13.5. The molecule has 0 spiro atoms. The molecule has 0 radical (unpaired) electrons. The summed E-state index contributed by atoms with van der Waals surface area (Å²) in [6, 6.07) is 6.48. The quantitative estimate of drug-likeness (QED) is 0.666. The smallest absolute Gasteiger partial charge is 0.120 e. The Labute approximate surface area is 118 Å². The van der Waals surface area contributed by atoms with E-state index in [4.69, 9.17) is 0 Å². The molecule has 2 heteroatoms. The number of rotatable bonds is 8. The van der Waals surface area contributed by atoms with Gasteiger partial charge in [-0.1, -0.05) is 50.3 Å². The van der Waals surface area contributed by atoms with Crippen molar-refractivity contribution in [1.29, 1.82) is 0 Å². The van der Waals surface area contributed by atoms with Crippen molar-refractivity contribution in [2.45, 2.75) is 71.9 Å². The number of hydrogen-bond donors (Lipinski definition) is 2. The predicted molar refractivity (Wildman–Crippen MR) is 82.6 cm³/mol. The molecule has 1 aromatic carbocycles. The summed E-state index contributed by atoms with van der Waals surface area (Å²) in [7, 11) is 0. The van der Waals surface area contributed by atoms with E-state index in [9.17, 15) is 5.11 Å². The number of aromatic hydroxyl groups is 1. The zero-order valence-corrected chi connectivity index (χ0v) is 12.9. The van der Waals surface area contributed by atoms with Gasteiger partial charge in [-0.05, 0) is 33.3 Å². The number of hydrogen-bond acceptors (Lipinski definition) is 2. The number of nitrogens with one attached hydrogen (secondary N) is 1. The van der Waals surface area contributed by atoms with E-state index in [1.54, 1.807) is 6.07 Å². The Morgan fingerprint density at radius 1 is 1.16 bits per heavy atom. The van der Waals surface area contributed by atoms with Gasteiger partial charge in [-0.2, -0.15) is 0 Å². The average Bonchev–Trinajstić information content (AvgIpc) is 2.37. The number of benzene rings is 1. The lowest BCUT2D eigenvalue weighted by Crippen LogP contribution is -2.28. The van der Waals surface area contributed by atoms with Crippen LogP contribution in [0.1, 0.15) is 70.0 Å². The molecular weight excluding hydrogens is 234 g/mol. The van der Waals surface area contributed by atoms with Crippen molar-refractivity contribution in [2.24, 2.45) is 0 Å². The van der Waals surface area contributed by atoms with Crippen LogP contribution < -0.4 is 5.32 Å². The Morgan fingerprint density at radius 2 is 1.89 bits per heavy atom. The summed E-state index contributed by atoms with van der Waals surface area (Å²) in [5.74, 6) is 0.392. The normalized spacial score (nSPS) is 14.3. The summed E-state index contributed by atoms with van der Waals surface area (Å²) >= 11 is 0. The molecule has 2 nitrogen and oxygen atoms in total. The minimum absolute atomic E-state index is 0.195. The van der Waals surface area contributed by atoms with Crippen molar-refractivity contribution >= 4 is 0 Å². The second-order valence-electron chi connectivity index (χ2n) is 5.70. The first-order chi connectivity index (χ1) is 9.04. The lowest BCUT2D eigenvalue weighted by molar-refractivity contribution is 0.416. The van der Waals surface area contributed by atoms with Gasteiger partial charge in [0.05, 0.1) is 0 Å². The first-order valence-corrected chi connectivity index (χ1v) is 7.60. The molecule has 2 unspecified atom stereocenters. The van der Waals surface area contributed by atoms with E-state index in [-0.39, 0.29) is 6.04 Å². The molecule has 2 atom stereocenters. The molecule has 0 saturated carbocycles. The highest BCUT2D eigenvalue weighted by Gasteiger charge is 2.12. The third kappa shape index (κ3) is 5.65. The molecule has 108 valence electrons. The molecule has 19 heavy (non-hydrogen) atoms. The van der Waals surface area contributed by atoms with Gasteiger partial charge in [-0.15, -0.1) is 0 Å². The van der Waals surface area contributed by atoms with E-state index in [1.165, 1.54) is 37.7 Å². The molecule has 1 rings (SSSR count). The second kappa shape index (κ2) is 8.21. The van der Waals surface area contributed by atoms with Gasteiger partial charge in [0, 0.05) is 17.6 Å². The first kappa shape index (κ1) is 16.0. The summed E-state index contributed by atoms with van der Waals surface area (Å²) in [4.78, 5) is 0. The predicted octanol–water partition coefficient (Wildman–Crippen LogP) is 4.71. The van der Waals surface area contributed by atoms with Crippen molar-refractivity contribution in [3.63, 3.8) is 0 Å². The summed E-state index contributed by atoms with van der Waals surface area (Å²) in [6.07, 6.45) is 6.44. The van der Waals surface area contributed by atoms with Crippen LogP contribution >= 0.6 is 0 Å². The third-order valence-corrected chi connectivity index (χ3v) is 3.67. The molecule has 0 aromatic heterocycles. The van der Waals surface area contributed by atoms with Crippen molar-refractivity contribution < 1.29 is 5.11 Å². The van der Waals surface area contributed by atoms with Gasteiger partial charge in [0.2, 0.25) is 0 Å². The SMILES string of the molecule is CCCCCCC(C)NC(C)c1cc(C)ccc1O. The topological polar surface area (TPSA) is 32.3 Å². The lowest BCUT2D eigenvalue weighted by Gasteiger charge is -2.21. The van der Waals surface area contributed by atoms with Gasteiger partial charge >= 0.3 is 0 Å². The Hall–Kier alpha value is -1.02. The minimum Gasteiger partial charge on any atom is -0.508 e. The maximum Gasteiger partial charge on any atom is 0.120 e. The Balaban J connectivity index is 2.45. The maximum atomic E-state index is 9.92. The maximum absolute atomic E-state index is 9.92. The molecule has 0 amide bonds. The fraction of sp³-hybridized carbons (Fsp3) is 0.647. The number of phenols is 1. The van der Waals surface area contributed by atoms with E-state index in [1.807, 2.05) is 6.07 Å². The van der Waals surface area contributed by atoms with Crippen LogP contribution in [0.4, 0.5) is 0 Å².